The van der Waals surface area contributed by atoms with Gasteiger partial charge in [-0.2, -0.15) is 4.31 Å². The third-order valence-corrected chi connectivity index (χ3v) is 6.40. The molecule has 1 saturated heterocycles. The molecule has 2 aromatic carbocycles. The Morgan fingerprint density at radius 2 is 1.77 bits per heavy atom. The molecule has 0 atom stereocenters. The average Bonchev–Trinajstić information content (AvgIpc) is 2.97. The number of morpholine rings is 1. The van der Waals surface area contributed by atoms with E-state index in [2.05, 4.69) is 4.98 Å². The highest BCUT2D eigenvalue weighted by Gasteiger charge is 2.26. The smallest absolute Gasteiger partial charge is 0.243 e. The van der Waals surface area contributed by atoms with Crippen molar-refractivity contribution in [2.75, 3.05) is 26.3 Å². The fraction of sp³-hybridized carbons (Fsp3) is 0.278. The van der Waals surface area contributed by atoms with E-state index in [0.717, 1.165) is 5.69 Å². The van der Waals surface area contributed by atoms with Gasteiger partial charge in [-0.3, -0.25) is 4.57 Å². The Morgan fingerprint density at radius 3 is 2.46 bits per heavy atom. The molecule has 1 fully saturated rings. The Hall–Kier alpha value is -2.29. The number of fused-ring (bicyclic) bond motifs is 1. The van der Waals surface area contributed by atoms with Crippen LogP contribution in [0.2, 0.25) is 0 Å². The van der Waals surface area contributed by atoms with Crippen molar-refractivity contribution < 1.29 is 17.5 Å². The van der Waals surface area contributed by atoms with Gasteiger partial charge in [0.2, 0.25) is 10.0 Å². The number of halogens is 1. The molecule has 6 nitrogen and oxygen atoms in total. The van der Waals surface area contributed by atoms with Crippen LogP contribution >= 0.6 is 0 Å². The predicted octanol–water partition coefficient (Wildman–Crippen LogP) is 2.49. The third kappa shape index (κ3) is 2.90. The molecule has 1 aromatic heterocycles. The SMILES string of the molecule is Cc1nc2ccc(F)cc2n1-c1ccc(S(=O)(=O)N2CCOCC2)cc1. The molecule has 136 valence electrons. The zero-order chi connectivity index (χ0) is 18.3. The van der Waals surface area contributed by atoms with E-state index in [-0.39, 0.29) is 10.7 Å². The molecule has 0 amide bonds. The number of ether oxygens (including phenoxy) is 1. The number of benzene rings is 2. The van der Waals surface area contributed by atoms with Gasteiger partial charge in [0, 0.05) is 24.8 Å². The predicted molar refractivity (Wildman–Crippen MR) is 95.3 cm³/mol. The van der Waals surface area contributed by atoms with Gasteiger partial charge in [0.15, 0.2) is 0 Å². The van der Waals surface area contributed by atoms with Crippen molar-refractivity contribution in [3.8, 4) is 5.69 Å². The second-order valence-electron chi connectivity index (χ2n) is 6.14. The molecule has 0 saturated carbocycles. The van der Waals surface area contributed by atoms with Crippen molar-refractivity contribution in [3.05, 3.63) is 54.1 Å². The fourth-order valence-corrected chi connectivity index (χ4v) is 4.61. The molecule has 8 heteroatoms. The van der Waals surface area contributed by atoms with Crippen LogP contribution in [0, 0.1) is 12.7 Å². The molecule has 0 N–H and O–H groups in total. The molecule has 1 aliphatic rings. The molecule has 0 aliphatic carbocycles. The zero-order valence-electron chi connectivity index (χ0n) is 14.2. The molecule has 0 unspecified atom stereocenters. The van der Waals surface area contributed by atoms with Crippen molar-refractivity contribution in [3.63, 3.8) is 0 Å². The van der Waals surface area contributed by atoms with Crippen LogP contribution in [0.25, 0.3) is 16.7 Å². The number of aryl methyl sites for hydroxylation is 1. The number of imidazole rings is 1. The molecule has 2 heterocycles. The van der Waals surface area contributed by atoms with Crippen molar-refractivity contribution in [1.82, 2.24) is 13.9 Å². The number of hydrogen-bond acceptors (Lipinski definition) is 4. The van der Waals surface area contributed by atoms with Gasteiger partial charge in [-0.25, -0.2) is 17.8 Å². The maximum Gasteiger partial charge on any atom is 0.243 e. The Bertz CT molecular complexity index is 1060. The van der Waals surface area contributed by atoms with E-state index >= 15 is 0 Å². The maximum atomic E-state index is 13.6. The first-order valence-electron chi connectivity index (χ1n) is 8.30. The largest absolute Gasteiger partial charge is 0.379 e. The van der Waals surface area contributed by atoms with Crippen LogP contribution in [-0.4, -0.2) is 48.6 Å². The van der Waals surface area contributed by atoms with Crippen LogP contribution in [0.3, 0.4) is 0 Å². The lowest BCUT2D eigenvalue weighted by Crippen LogP contribution is -2.40. The van der Waals surface area contributed by atoms with Crippen molar-refractivity contribution in [2.45, 2.75) is 11.8 Å². The molecular weight excluding hydrogens is 357 g/mol. The second kappa shape index (κ2) is 6.46. The molecule has 0 radical (unpaired) electrons. The second-order valence-corrected chi connectivity index (χ2v) is 8.08. The van der Waals surface area contributed by atoms with Gasteiger partial charge in [0.05, 0.1) is 29.1 Å². The fourth-order valence-electron chi connectivity index (χ4n) is 3.20. The van der Waals surface area contributed by atoms with Crippen LogP contribution in [0.5, 0.6) is 0 Å². The summed E-state index contributed by atoms with van der Waals surface area (Å²) in [4.78, 5) is 4.66. The highest BCUT2D eigenvalue weighted by molar-refractivity contribution is 7.89. The van der Waals surface area contributed by atoms with E-state index in [0.29, 0.717) is 43.2 Å². The summed E-state index contributed by atoms with van der Waals surface area (Å²) in [5.74, 6) is 0.361. The molecule has 3 aromatic rings. The van der Waals surface area contributed by atoms with Gasteiger partial charge >= 0.3 is 0 Å². The summed E-state index contributed by atoms with van der Waals surface area (Å²) in [5, 5.41) is 0. The standard InChI is InChI=1S/C18H18FN3O3S/c1-13-20-17-7-2-14(19)12-18(17)22(13)15-3-5-16(6-4-15)26(23,24)21-8-10-25-11-9-21/h2-7,12H,8-11H2,1H3. The topological polar surface area (TPSA) is 64.4 Å². The van der Waals surface area contributed by atoms with Crippen LogP contribution in [0.15, 0.2) is 47.4 Å². The number of aromatic nitrogens is 2. The molecule has 1 aliphatic heterocycles. The number of sulfonamides is 1. The van der Waals surface area contributed by atoms with E-state index in [1.165, 1.54) is 16.4 Å². The van der Waals surface area contributed by atoms with Crippen LogP contribution in [0.4, 0.5) is 4.39 Å². The summed E-state index contributed by atoms with van der Waals surface area (Å²) in [7, 11) is -3.54. The zero-order valence-corrected chi connectivity index (χ0v) is 15.0. The van der Waals surface area contributed by atoms with Gasteiger partial charge in [0.25, 0.3) is 0 Å². The summed E-state index contributed by atoms with van der Waals surface area (Å²) in [5.41, 5.74) is 2.07. The first kappa shape index (κ1) is 17.1. The van der Waals surface area contributed by atoms with E-state index < -0.39 is 10.0 Å². The molecule has 26 heavy (non-hydrogen) atoms. The van der Waals surface area contributed by atoms with E-state index in [9.17, 15) is 12.8 Å². The van der Waals surface area contributed by atoms with E-state index in [1.54, 1.807) is 30.3 Å². The minimum absolute atomic E-state index is 0.233. The number of rotatable bonds is 3. The lowest BCUT2D eigenvalue weighted by molar-refractivity contribution is 0.0730. The summed E-state index contributed by atoms with van der Waals surface area (Å²) >= 11 is 0. The normalized spacial score (nSPS) is 16.2. The van der Waals surface area contributed by atoms with Crippen molar-refractivity contribution in [1.29, 1.82) is 0 Å². The van der Waals surface area contributed by atoms with E-state index in [4.69, 9.17) is 4.74 Å². The Morgan fingerprint density at radius 1 is 1.08 bits per heavy atom. The Labute approximate surface area is 150 Å². The number of nitrogens with zero attached hydrogens (tertiary/aromatic N) is 3. The minimum atomic E-state index is -3.54. The van der Waals surface area contributed by atoms with Gasteiger partial charge in [-0.15, -0.1) is 0 Å². The Balaban J connectivity index is 1.73. The molecular formula is C18H18FN3O3S. The third-order valence-electron chi connectivity index (χ3n) is 4.49. The Kier molecular flexibility index (Phi) is 4.26. The summed E-state index contributed by atoms with van der Waals surface area (Å²) in [6, 6.07) is 11.0. The number of hydrogen-bond donors (Lipinski definition) is 0. The summed E-state index contributed by atoms with van der Waals surface area (Å²) < 4.78 is 47.5. The molecule has 4 rings (SSSR count). The van der Waals surface area contributed by atoms with Gasteiger partial charge in [0.1, 0.15) is 11.6 Å². The maximum absolute atomic E-state index is 13.6. The molecule has 0 bridgehead atoms. The molecule has 0 spiro atoms. The van der Waals surface area contributed by atoms with Crippen molar-refractivity contribution >= 4 is 21.1 Å². The highest BCUT2D eigenvalue weighted by Crippen LogP contribution is 2.24. The van der Waals surface area contributed by atoms with Gasteiger partial charge in [-0.05, 0) is 43.3 Å². The monoisotopic (exact) mass is 375 g/mol. The first-order valence-corrected chi connectivity index (χ1v) is 9.74. The summed E-state index contributed by atoms with van der Waals surface area (Å²) in [6.07, 6.45) is 0. The van der Waals surface area contributed by atoms with Gasteiger partial charge in [-0.1, -0.05) is 0 Å². The van der Waals surface area contributed by atoms with Crippen molar-refractivity contribution in [2.24, 2.45) is 0 Å². The van der Waals surface area contributed by atoms with E-state index in [1.807, 2.05) is 11.5 Å². The highest BCUT2D eigenvalue weighted by atomic mass is 32.2. The summed E-state index contributed by atoms with van der Waals surface area (Å²) in [6.45, 7) is 3.35. The lowest BCUT2D eigenvalue weighted by Gasteiger charge is -2.26. The lowest BCUT2D eigenvalue weighted by atomic mass is 10.2. The average molecular weight is 375 g/mol. The van der Waals surface area contributed by atoms with Crippen LogP contribution in [0.1, 0.15) is 5.82 Å². The van der Waals surface area contributed by atoms with Gasteiger partial charge < -0.3 is 4.74 Å². The minimum Gasteiger partial charge on any atom is -0.379 e. The van der Waals surface area contributed by atoms with Crippen LogP contribution in [-0.2, 0) is 14.8 Å². The first-order chi connectivity index (χ1) is 12.5. The van der Waals surface area contributed by atoms with Crippen LogP contribution < -0.4 is 0 Å². The quantitative estimate of drug-likeness (QED) is 0.706.